The van der Waals surface area contributed by atoms with Gasteiger partial charge >= 0.3 is 0 Å². The monoisotopic (exact) mass is 438 g/mol. The first-order valence-corrected chi connectivity index (χ1v) is 11.9. The first-order chi connectivity index (χ1) is 15.2. The topological polar surface area (TPSA) is 57.7 Å². The van der Waals surface area contributed by atoms with E-state index in [1.807, 2.05) is 19.1 Å². The van der Waals surface area contributed by atoms with Crippen molar-refractivity contribution in [2.24, 2.45) is 0 Å². The highest BCUT2D eigenvalue weighted by atomic mass is 32.1. The van der Waals surface area contributed by atoms with Crippen molar-refractivity contribution in [3.05, 3.63) is 53.6 Å². The van der Waals surface area contributed by atoms with Gasteiger partial charge in [0.05, 0.1) is 16.8 Å². The molecule has 0 atom stereocenters. The van der Waals surface area contributed by atoms with E-state index in [4.69, 9.17) is 9.72 Å². The lowest BCUT2D eigenvalue weighted by molar-refractivity contribution is 0.0947. The Bertz CT molecular complexity index is 1010. The van der Waals surface area contributed by atoms with Crippen LogP contribution in [0, 0.1) is 0 Å². The Hall–Kier alpha value is -2.64. The number of nitrogens with one attached hydrogen (secondary N) is 1. The maximum absolute atomic E-state index is 12.3. The zero-order chi connectivity index (χ0) is 21.6. The van der Waals surface area contributed by atoms with Gasteiger partial charge in [0.2, 0.25) is 0 Å². The van der Waals surface area contributed by atoms with E-state index in [2.05, 4.69) is 40.2 Å². The minimum absolute atomic E-state index is 0.0393. The van der Waals surface area contributed by atoms with E-state index in [-0.39, 0.29) is 5.91 Å². The van der Waals surface area contributed by atoms with Crippen LogP contribution in [0.4, 0.5) is 5.13 Å². The number of aryl methyl sites for hydroxylation is 1. The van der Waals surface area contributed by atoms with Crippen molar-refractivity contribution < 1.29 is 9.53 Å². The normalized spacial score (nSPS) is 14.7. The lowest BCUT2D eigenvalue weighted by atomic mass is 10.2. The highest BCUT2D eigenvalue weighted by Crippen LogP contribution is 2.30. The molecular formula is C24H30N4O2S. The lowest BCUT2D eigenvalue weighted by Gasteiger charge is -2.34. The number of nitrogens with zero attached hydrogens (tertiary/aromatic N) is 3. The lowest BCUT2D eigenvalue weighted by Crippen LogP contribution is -2.48. The van der Waals surface area contributed by atoms with Gasteiger partial charge in [-0.15, -0.1) is 0 Å². The third kappa shape index (κ3) is 5.35. The predicted octanol–water partition coefficient (Wildman–Crippen LogP) is 3.81. The number of fused-ring (bicyclic) bond motifs is 1. The summed E-state index contributed by atoms with van der Waals surface area (Å²) in [4.78, 5) is 22.0. The summed E-state index contributed by atoms with van der Waals surface area (Å²) in [6.45, 7) is 10.1. The Labute approximate surface area is 187 Å². The fraction of sp³-hybridized carbons (Fsp3) is 0.417. The molecule has 1 amide bonds. The van der Waals surface area contributed by atoms with Crippen molar-refractivity contribution in [2.75, 3.05) is 50.8 Å². The van der Waals surface area contributed by atoms with Gasteiger partial charge < -0.3 is 15.0 Å². The van der Waals surface area contributed by atoms with E-state index in [1.165, 1.54) is 10.3 Å². The minimum atomic E-state index is -0.0393. The van der Waals surface area contributed by atoms with Crippen LogP contribution in [0.2, 0.25) is 0 Å². The molecule has 31 heavy (non-hydrogen) atoms. The van der Waals surface area contributed by atoms with E-state index < -0.39 is 0 Å². The average Bonchev–Trinajstić information content (AvgIpc) is 3.23. The van der Waals surface area contributed by atoms with Crippen LogP contribution >= 0.6 is 11.3 Å². The summed E-state index contributed by atoms with van der Waals surface area (Å²) >= 11 is 1.79. The molecule has 6 nitrogen and oxygen atoms in total. The van der Waals surface area contributed by atoms with Crippen molar-refractivity contribution in [3.8, 4) is 5.75 Å². The summed E-state index contributed by atoms with van der Waals surface area (Å²) in [7, 11) is 0. The molecule has 2 heterocycles. The van der Waals surface area contributed by atoms with Crippen molar-refractivity contribution in [2.45, 2.75) is 20.3 Å². The molecule has 1 N–H and O–H groups in total. The molecule has 0 radical (unpaired) electrons. The third-order valence-electron chi connectivity index (χ3n) is 5.63. The van der Waals surface area contributed by atoms with Crippen molar-refractivity contribution >= 4 is 32.6 Å². The van der Waals surface area contributed by atoms with Gasteiger partial charge in [-0.3, -0.25) is 9.69 Å². The summed E-state index contributed by atoms with van der Waals surface area (Å²) in [5.41, 5.74) is 3.12. The van der Waals surface area contributed by atoms with Crippen LogP contribution in [0.15, 0.2) is 42.5 Å². The van der Waals surface area contributed by atoms with Crippen molar-refractivity contribution in [1.82, 2.24) is 15.2 Å². The molecule has 1 saturated heterocycles. The van der Waals surface area contributed by atoms with Crippen molar-refractivity contribution in [1.29, 1.82) is 0 Å². The molecule has 3 aromatic rings. The number of amides is 1. The predicted molar refractivity (Wildman–Crippen MR) is 128 cm³/mol. The molecule has 0 bridgehead atoms. The van der Waals surface area contributed by atoms with Crippen LogP contribution in [-0.4, -0.2) is 61.7 Å². The Morgan fingerprint density at radius 1 is 1.10 bits per heavy atom. The van der Waals surface area contributed by atoms with Gasteiger partial charge in [0.1, 0.15) is 5.75 Å². The fourth-order valence-corrected chi connectivity index (χ4v) is 4.85. The minimum Gasteiger partial charge on any atom is -0.494 e. The third-order valence-corrected chi connectivity index (χ3v) is 6.71. The molecule has 1 aromatic heterocycles. The smallest absolute Gasteiger partial charge is 0.251 e. The van der Waals surface area contributed by atoms with Gasteiger partial charge in [-0.2, -0.15) is 0 Å². The number of ether oxygens (including phenoxy) is 1. The molecule has 0 saturated carbocycles. The van der Waals surface area contributed by atoms with Crippen LogP contribution in [0.25, 0.3) is 10.2 Å². The average molecular weight is 439 g/mol. The molecular weight excluding hydrogens is 408 g/mol. The molecule has 164 valence electrons. The second kappa shape index (κ2) is 10.1. The quantitative estimate of drug-likeness (QED) is 0.580. The summed E-state index contributed by atoms with van der Waals surface area (Å²) < 4.78 is 6.70. The largest absolute Gasteiger partial charge is 0.494 e. The maximum Gasteiger partial charge on any atom is 0.251 e. The zero-order valence-corrected chi connectivity index (χ0v) is 19.1. The molecule has 0 unspecified atom stereocenters. The van der Waals surface area contributed by atoms with E-state index in [9.17, 15) is 4.79 Å². The van der Waals surface area contributed by atoms with Crippen LogP contribution in [0.1, 0.15) is 29.8 Å². The van der Waals surface area contributed by atoms with Crippen LogP contribution < -0.4 is 15.0 Å². The molecule has 1 aliphatic rings. The number of aromatic nitrogens is 1. The molecule has 0 spiro atoms. The second-order valence-corrected chi connectivity index (χ2v) is 8.70. The molecule has 4 rings (SSSR count). The van der Waals surface area contributed by atoms with E-state index >= 15 is 0 Å². The number of hydrogen-bond acceptors (Lipinski definition) is 6. The Morgan fingerprint density at radius 2 is 1.87 bits per heavy atom. The number of carbonyl (C=O) groups excluding carboxylic acids is 1. The second-order valence-electron chi connectivity index (χ2n) is 7.69. The molecule has 0 aliphatic carbocycles. The van der Waals surface area contributed by atoms with Gasteiger partial charge in [0.15, 0.2) is 5.13 Å². The van der Waals surface area contributed by atoms with Crippen LogP contribution in [0.3, 0.4) is 0 Å². The first kappa shape index (κ1) is 21.6. The summed E-state index contributed by atoms with van der Waals surface area (Å²) in [6, 6.07) is 13.9. The Morgan fingerprint density at radius 3 is 2.58 bits per heavy atom. The molecule has 2 aromatic carbocycles. The number of benzene rings is 2. The molecule has 7 heteroatoms. The van der Waals surface area contributed by atoms with Gasteiger partial charge in [0, 0.05) is 44.8 Å². The van der Waals surface area contributed by atoms with Crippen LogP contribution in [-0.2, 0) is 6.42 Å². The summed E-state index contributed by atoms with van der Waals surface area (Å²) in [5, 5.41) is 4.14. The number of thiazole rings is 1. The standard InChI is InChI=1S/C24H30N4O2S/c1-3-18-5-10-21-22(17-18)31-24(26-21)28-15-13-27(14-16-28)12-11-25-23(29)19-6-8-20(9-7-19)30-4-2/h5-10,17H,3-4,11-16H2,1-2H3,(H,25,29). The Kier molecular flexibility index (Phi) is 7.04. The van der Waals surface area contributed by atoms with E-state index in [1.54, 1.807) is 23.5 Å². The van der Waals surface area contributed by atoms with E-state index in [0.29, 0.717) is 18.7 Å². The molecule has 1 aliphatic heterocycles. The van der Waals surface area contributed by atoms with Crippen molar-refractivity contribution in [3.63, 3.8) is 0 Å². The summed E-state index contributed by atoms with van der Waals surface area (Å²) in [6.07, 6.45) is 1.05. The number of anilines is 1. The van der Waals surface area contributed by atoms with Gasteiger partial charge in [-0.25, -0.2) is 4.98 Å². The number of piperazine rings is 1. The van der Waals surface area contributed by atoms with Gasteiger partial charge in [-0.05, 0) is 55.3 Å². The Balaban J connectivity index is 1.22. The highest BCUT2D eigenvalue weighted by Gasteiger charge is 2.20. The number of carbonyl (C=O) groups is 1. The van der Waals surface area contributed by atoms with Gasteiger partial charge in [0.25, 0.3) is 5.91 Å². The van der Waals surface area contributed by atoms with Crippen LogP contribution in [0.5, 0.6) is 5.75 Å². The zero-order valence-electron chi connectivity index (χ0n) is 18.3. The highest BCUT2D eigenvalue weighted by molar-refractivity contribution is 7.22. The number of rotatable bonds is 8. The maximum atomic E-state index is 12.3. The van der Waals surface area contributed by atoms with E-state index in [0.717, 1.165) is 55.5 Å². The first-order valence-electron chi connectivity index (χ1n) is 11.0. The fourth-order valence-electron chi connectivity index (χ4n) is 3.77. The number of hydrogen-bond donors (Lipinski definition) is 1. The van der Waals surface area contributed by atoms with Gasteiger partial charge in [-0.1, -0.05) is 24.3 Å². The molecule has 1 fully saturated rings. The SMILES string of the molecule is CCOc1ccc(C(=O)NCCN2CCN(c3nc4ccc(CC)cc4s3)CC2)cc1. The summed E-state index contributed by atoms with van der Waals surface area (Å²) in [5.74, 6) is 0.749.